The van der Waals surface area contributed by atoms with Crippen molar-refractivity contribution < 1.29 is 9.15 Å². The maximum Gasteiger partial charge on any atom is 0.336 e. The van der Waals surface area contributed by atoms with Crippen LogP contribution in [0.15, 0.2) is 38.5 Å². The molecule has 3 rings (SSSR count). The van der Waals surface area contributed by atoms with Crippen LogP contribution < -0.4 is 10.4 Å². The van der Waals surface area contributed by atoms with Gasteiger partial charge in [-0.3, -0.25) is 4.99 Å². The molecule has 0 spiro atoms. The molecule has 4 nitrogen and oxygen atoms in total. The summed E-state index contributed by atoms with van der Waals surface area (Å²) in [5, 5.41) is 0.866. The van der Waals surface area contributed by atoms with Crippen LogP contribution in [0.25, 0.3) is 11.0 Å². The number of hydrogen-bond acceptors (Lipinski definition) is 4. The first-order chi connectivity index (χ1) is 7.33. The van der Waals surface area contributed by atoms with Crippen molar-refractivity contribution in [1.82, 2.24) is 0 Å². The van der Waals surface area contributed by atoms with Crippen molar-refractivity contribution in [3.63, 3.8) is 0 Å². The average Bonchev–Trinajstić information content (AvgIpc) is 2.26. The van der Waals surface area contributed by atoms with E-state index in [1.54, 1.807) is 18.3 Å². The third-order valence-corrected chi connectivity index (χ3v) is 2.28. The van der Waals surface area contributed by atoms with Gasteiger partial charge in [-0.2, -0.15) is 0 Å². The van der Waals surface area contributed by atoms with Crippen molar-refractivity contribution in [2.75, 3.05) is 6.73 Å². The Kier molecular flexibility index (Phi) is 1.62. The van der Waals surface area contributed by atoms with E-state index in [1.807, 2.05) is 6.07 Å². The Morgan fingerprint density at radius 3 is 3.13 bits per heavy atom. The first-order valence-electron chi connectivity index (χ1n) is 4.53. The number of rotatable bonds is 0. The van der Waals surface area contributed by atoms with E-state index in [1.165, 1.54) is 6.07 Å². The second-order valence-electron chi connectivity index (χ2n) is 3.27. The summed E-state index contributed by atoms with van der Waals surface area (Å²) < 4.78 is 10.4. The van der Waals surface area contributed by atoms with Gasteiger partial charge in [-0.05, 0) is 12.1 Å². The Labute approximate surface area is 84.8 Å². The number of fused-ring (bicyclic) bond motifs is 2. The van der Waals surface area contributed by atoms with Crippen molar-refractivity contribution in [1.29, 1.82) is 0 Å². The van der Waals surface area contributed by atoms with Gasteiger partial charge in [-0.25, -0.2) is 4.79 Å². The van der Waals surface area contributed by atoms with Crippen LogP contribution >= 0.6 is 0 Å². The zero-order valence-electron chi connectivity index (χ0n) is 7.77. The monoisotopic (exact) mass is 201 g/mol. The van der Waals surface area contributed by atoms with Gasteiger partial charge >= 0.3 is 5.63 Å². The first-order valence-corrected chi connectivity index (χ1v) is 4.53. The SMILES string of the molecule is O=c1ccc2cc3c(cc2o1)OCN=C3. The first kappa shape index (κ1) is 8.23. The van der Waals surface area contributed by atoms with Crippen LogP contribution in [-0.4, -0.2) is 12.9 Å². The lowest BCUT2D eigenvalue weighted by Gasteiger charge is -2.11. The number of aliphatic imine (C=N–C) groups is 1. The fourth-order valence-electron chi connectivity index (χ4n) is 1.58. The van der Waals surface area contributed by atoms with E-state index >= 15 is 0 Å². The molecule has 1 aromatic carbocycles. The molecule has 0 saturated carbocycles. The van der Waals surface area contributed by atoms with E-state index in [0.29, 0.717) is 18.1 Å². The van der Waals surface area contributed by atoms with E-state index in [4.69, 9.17) is 9.15 Å². The fraction of sp³-hybridized carbons (Fsp3) is 0.0909. The van der Waals surface area contributed by atoms with Crippen LogP contribution in [0, 0.1) is 0 Å². The molecule has 0 aliphatic carbocycles. The van der Waals surface area contributed by atoms with Gasteiger partial charge in [0.25, 0.3) is 0 Å². The molecule has 1 aliphatic rings. The summed E-state index contributed by atoms with van der Waals surface area (Å²) in [5.41, 5.74) is 1.09. The van der Waals surface area contributed by atoms with E-state index in [-0.39, 0.29) is 5.63 Å². The number of nitrogens with zero attached hydrogens (tertiary/aromatic N) is 1. The quantitative estimate of drug-likeness (QED) is 0.608. The Balaban J connectivity index is 2.36. The molecule has 2 heterocycles. The average molecular weight is 201 g/mol. The van der Waals surface area contributed by atoms with Crippen molar-refractivity contribution in [3.05, 3.63) is 40.2 Å². The van der Waals surface area contributed by atoms with Gasteiger partial charge in [0.2, 0.25) is 0 Å². The zero-order valence-corrected chi connectivity index (χ0v) is 7.77. The summed E-state index contributed by atoms with van der Waals surface area (Å²) >= 11 is 0. The molecule has 0 atom stereocenters. The molecule has 0 fully saturated rings. The highest BCUT2D eigenvalue weighted by Gasteiger charge is 2.09. The summed E-state index contributed by atoms with van der Waals surface area (Å²) in [6.45, 7) is 0.315. The Hall–Kier alpha value is -2.10. The minimum Gasteiger partial charge on any atom is -0.471 e. The summed E-state index contributed by atoms with van der Waals surface area (Å²) in [4.78, 5) is 15.0. The largest absolute Gasteiger partial charge is 0.471 e. The van der Waals surface area contributed by atoms with Gasteiger partial charge in [-0.1, -0.05) is 0 Å². The van der Waals surface area contributed by atoms with E-state index in [0.717, 1.165) is 10.9 Å². The standard InChI is InChI=1S/C11H7NO3/c13-11-2-1-7-3-8-5-12-6-14-9(8)4-10(7)15-11/h1-5H,6H2. The lowest BCUT2D eigenvalue weighted by Crippen LogP contribution is -2.04. The summed E-state index contributed by atoms with van der Waals surface area (Å²) in [5.74, 6) is 0.701. The van der Waals surface area contributed by atoms with Crippen LogP contribution in [0.1, 0.15) is 5.56 Å². The maximum atomic E-state index is 11.0. The minimum atomic E-state index is -0.355. The third kappa shape index (κ3) is 1.30. The zero-order chi connectivity index (χ0) is 10.3. The normalized spacial score (nSPS) is 13.6. The molecule has 0 unspecified atom stereocenters. The molecule has 4 heteroatoms. The molecule has 0 N–H and O–H groups in total. The highest BCUT2D eigenvalue weighted by Crippen LogP contribution is 2.25. The van der Waals surface area contributed by atoms with E-state index in [2.05, 4.69) is 4.99 Å². The van der Waals surface area contributed by atoms with Gasteiger partial charge in [-0.15, -0.1) is 0 Å². The van der Waals surface area contributed by atoms with Crippen molar-refractivity contribution in [2.45, 2.75) is 0 Å². The van der Waals surface area contributed by atoms with Crippen LogP contribution in [0.3, 0.4) is 0 Å². The predicted octanol–water partition coefficient (Wildman–Crippen LogP) is 1.56. The van der Waals surface area contributed by atoms with Gasteiger partial charge in [0.15, 0.2) is 6.73 Å². The Morgan fingerprint density at radius 2 is 2.20 bits per heavy atom. The molecular formula is C11H7NO3. The molecule has 1 aliphatic heterocycles. The lowest BCUT2D eigenvalue weighted by molar-refractivity contribution is 0.326. The molecule has 2 aromatic rings. The lowest BCUT2D eigenvalue weighted by atomic mass is 10.1. The minimum absolute atomic E-state index is 0.315. The molecule has 0 radical (unpaired) electrons. The highest BCUT2D eigenvalue weighted by molar-refractivity contribution is 5.92. The molecule has 74 valence electrons. The summed E-state index contributed by atoms with van der Waals surface area (Å²) in [7, 11) is 0. The van der Waals surface area contributed by atoms with Crippen molar-refractivity contribution in [2.24, 2.45) is 4.99 Å². The van der Waals surface area contributed by atoms with Gasteiger partial charge in [0.05, 0.1) is 0 Å². The smallest absolute Gasteiger partial charge is 0.336 e. The molecule has 0 bridgehead atoms. The Bertz CT molecular complexity index is 613. The van der Waals surface area contributed by atoms with Crippen LogP contribution in [-0.2, 0) is 0 Å². The second kappa shape index (κ2) is 2.95. The van der Waals surface area contributed by atoms with Crippen molar-refractivity contribution in [3.8, 4) is 5.75 Å². The van der Waals surface area contributed by atoms with E-state index < -0.39 is 0 Å². The van der Waals surface area contributed by atoms with Gasteiger partial charge in [0.1, 0.15) is 11.3 Å². The molecule has 0 saturated heterocycles. The highest BCUT2D eigenvalue weighted by atomic mass is 16.5. The molecular weight excluding hydrogens is 194 g/mol. The predicted molar refractivity (Wildman–Crippen MR) is 55.6 cm³/mol. The molecule has 1 aromatic heterocycles. The number of ether oxygens (including phenoxy) is 1. The molecule has 15 heavy (non-hydrogen) atoms. The maximum absolute atomic E-state index is 11.0. The summed E-state index contributed by atoms with van der Waals surface area (Å²) in [6.07, 6.45) is 1.75. The third-order valence-electron chi connectivity index (χ3n) is 2.28. The fourth-order valence-corrected chi connectivity index (χ4v) is 1.58. The topological polar surface area (TPSA) is 51.8 Å². The summed E-state index contributed by atoms with van der Waals surface area (Å²) in [6, 6.07) is 6.73. The Morgan fingerprint density at radius 1 is 1.27 bits per heavy atom. The molecule has 0 amide bonds. The van der Waals surface area contributed by atoms with Crippen molar-refractivity contribution >= 4 is 17.2 Å². The number of hydrogen-bond donors (Lipinski definition) is 0. The van der Waals surface area contributed by atoms with Crippen LogP contribution in [0.5, 0.6) is 5.75 Å². The second-order valence-corrected chi connectivity index (χ2v) is 3.27. The van der Waals surface area contributed by atoms with Crippen LogP contribution in [0.2, 0.25) is 0 Å². The van der Waals surface area contributed by atoms with Gasteiger partial charge in [0, 0.05) is 29.3 Å². The van der Waals surface area contributed by atoms with Gasteiger partial charge < -0.3 is 9.15 Å². The number of benzene rings is 1. The van der Waals surface area contributed by atoms with E-state index in [9.17, 15) is 4.79 Å². The van der Waals surface area contributed by atoms with Crippen LogP contribution in [0.4, 0.5) is 0 Å².